The molecule has 11 nitrogen and oxygen atoms in total. The Hall–Kier alpha value is -3.99. The van der Waals surface area contributed by atoms with Crippen molar-refractivity contribution in [1.29, 1.82) is 0 Å². The molecular formula is C23H26N9O2+. The third-order valence-electron chi connectivity index (χ3n) is 6.57. The molecule has 34 heavy (non-hydrogen) atoms. The normalized spacial score (nSPS) is 18.2. The first-order chi connectivity index (χ1) is 16.6. The van der Waals surface area contributed by atoms with Crippen LogP contribution in [-0.2, 0) is 17.6 Å². The molecule has 11 heteroatoms. The Morgan fingerprint density at radius 3 is 2.94 bits per heavy atom. The number of nitrogen functional groups attached to an aromatic ring is 1. The van der Waals surface area contributed by atoms with Crippen LogP contribution < -0.4 is 20.9 Å². The number of aromatic nitrogens is 5. The van der Waals surface area contributed by atoms with Gasteiger partial charge >= 0.3 is 0 Å². The Balaban J connectivity index is 1.14. The van der Waals surface area contributed by atoms with Crippen molar-refractivity contribution in [2.24, 2.45) is 0 Å². The summed E-state index contributed by atoms with van der Waals surface area (Å²) >= 11 is 0. The lowest BCUT2D eigenvalue weighted by Gasteiger charge is -2.20. The fraction of sp³-hybridized carbons (Fsp3) is 0.348. The van der Waals surface area contributed by atoms with Gasteiger partial charge in [-0.25, -0.2) is 0 Å². The number of quaternary nitrogens is 1. The van der Waals surface area contributed by atoms with E-state index in [-0.39, 0.29) is 11.9 Å². The fourth-order valence-electron chi connectivity index (χ4n) is 4.81. The Morgan fingerprint density at radius 1 is 1.12 bits per heavy atom. The lowest BCUT2D eigenvalue weighted by atomic mass is 10.0. The number of fused-ring (bicyclic) bond motifs is 2. The predicted molar refractivity (Wildman–Crippen MR) is 126 cm³/mol. The van der Waals surface area contributed by atoms with E-state index < -0.39 is 0 Å². The molecule has 6 rings (SSSR count). The van der Waals surface area contributed by atoms with Crippen molar-refractivity contribution in [1.82, 2.24) is 24.6 Å². The predicted octanol–water partition coefficient (Wildman–Crippen LogP) is 0.194. The van der Waals surface area contributed by atoms with Gasteiger partial charge in [-0.15, -0.1) is 5.10 Å². The van der Waals surface area contributed by atoms with Gasteiger partial charge in [0.05, 0.1) is 38.9 Å². The van der Waals surface area contributed by atoms with Gasteiger partial charge in [-0.1, -0.05) is 12.1 Å². The molecule has 1 aromatic carbocycles. The standard InChI is InChI=1S/C23H25N9O2/c24-21-27-22(28-23-26-20(29-32(21)23)18-6-2-13-34-18)31-9-3-8-30(11-12-31)10-7-15-4-1-5-17-16(15)14-19(33)25-17/h1-2,4-6,13H,3,7-12,14H2,(H,25,33)(H2,24,26,27,28,29)/p+1. The van der Waals surface area contributed by atoms with Gasteiger partial charge in [0.2, 0.25) is 23.6 Å². The number of hydrogen-bond acceptors (Lipinski definition) is 8. The highest BCUT2D eigenvalue weighted by Crippen LogP contribution is 2.26. The lowest BCUT2D eigenvalue weighted by molar-refractivity contribution is -0.897. The Labute approximate surface area is 195 Å². The molecule has 1 atom stereocenters. The third-order valence-corrected chi connectivity index (χ3v) is 6.57. The Morgan fingerprint density at radius 2 is 2.06 bits per heavy atom. The minimum absolute atomic E-state index is 0.0837. The number of hydrogen-bond donors (Lipinski definition) is 3. The van der Waals surface area contributed by atoms with Crippen LogP contribution in [0.1, 0.15) is 17.5 Å². The van der Waals surface area contributed by atoms with E-state index in [2.05, 4.69) is 36.3 Å². The van der Waals surface area contributed by atoms with Crippen LogP contribution in [0, 0.1) is 0 Å². The van der Waals surface area contributed by atoms with E-state index in [1.807, 2.05) is 12.1 Å². The summed E-state index contributed by atoms with van der Waals surface area (Å²) < 4.78 is 6.83. The molecule has 0 radical (unpaired) electrons. The van der Waals surface area contributed by atoms with E-state index in [4.69, 9.17) is 10.2 Å². The smallest absolute Gasteiger partial charge is 0.259 e. The van der Waals surface area contributed by atoms with Crippen LogP contribution in [0.3, 0.4) is 0 Å². The lowest BCUT2D eigenvalue weighted by Crippen LogP contribution is -3.12. The third kappa shape index (κ3) is 3.83. The zero-order chi connectivity index (χ0) is 23.1. The summed E-state index contributed by atoms with van der Waals surface area (Å²) in [5, 5.41) is 7.31. The number of carbonyl (C=O) groups is 1. The summed E-state index contributed by atoms with van der Waals surface area (Å²) in [7, 11) is 0. The minimum Gasteiger partial charge on any atom is -0.461 e. The van der Waals surface area contributed by atoms with Gasteiger partial charge < -0.3 is 25.3 Å². The summed E-state index contributed by atoms with van der Waals surface area (Å²) in [6.07, 6.45) is 4.05. The summed E-state index contributed by atoms with van der Waals surface area (Å²) in [4.78, 5) is 29.1. The van der Waals surface area contributed by atoms with Crippen molar-refractivity contribution in [3.63, 3.8) is 0 Å². The summed E-state index contributed by atoms with van der Waals surface area (Å²) in [6, 6.07) is 9.73. The van der Waals surface area contributed by atoms with Crippen molar-refractivity contribution in [3.8, 4) is 11.6 Å². The maximum absolute atomic E-state index is 11.8. The molecule has 0 spiro atoms. The number of amides is 1. The second-order valence-electron chi connectivity index (χ2n) is 8.77. The highest BCUT2D eigenvalue weighted by atomic mass is 16.3. The van der Waals surface area contributed by atoms with Crippen molar-refractivity contribution in [2.75, 3.05) is 48.7 Å². The average Bonchev–Trinajstić information content (AvgIpc) is 3.54. The average molecular weight is 461 g/mol. The number of anilines is 3. The van der Waals surface area contributed by atoms with Gasteiger partial charge in [-0.3, -0.25) is 4.79 Å². The van der Waals surface area contributed by atoms with Crippen molar-refractivity contribution >= 4 is 29.3 Å². The molecule has 1 unspecified atom stereocenters. The van der Waals surface area contributed by atoms with Gasteiger partial charge in [0.15, 0.2) is 5.76 Å². The fourth-order valence-corrected chi connectivity index (χ4v) is 4.81. The quantitative estimate of drug-likeness (QED) is 0.385. The second kappa shape index (κ2) is 8.41. The number of nitrogens with zero attached hydrogens (tertiary/aromatic N) is 6. The molecule has 174 valence electrons. The SMILES string of the molecule is Nc1nc(N2CCC[NH+](CCc3cccc4c3CC(=O)N4)CC2)nc2nc(-c3ccco3)nn12. The number of nitrogens with one attached hydrogen (secondary N) is 2. The van der Waals surface area contributed by atoms with Crippen LogP contribution in [0.25, 0.3) is 17.4 Å². The number of nitrogens with two attached hydrogens (primary N) is 1. The number of rotatable bonds is 5. The molecule has 2 aliphatic rings. The molecule has 0 aliphatic carbocycles. The highest BCUT2D eigenvalue weighted by molar-refractivity contribution is 5.99. The zero-order valence-electron chi connectivity index (χ0n) is 18.7. The minimum atomic E-state index is 0.0837. The van der Waals surface area contributed by atoms with Gasteiger partial charge in [-0.05, 0) is 29.3 Å². The molecule has 1 fully saturated rings. The van der Waals surface area contributed by atoms with Gasteiger partial charge in [0.1, 0.15) is 0 Å². The van der Waals surface area contributed by atoms with Crippen molar-refractivity contribution in [3.05, 3.63) is 47.7 Å². The van der Waals surface area contributed by atoms with Crippen LogP contribution in [0.2, 0.25) is 0 Å². The number of benzene rings is 1. The van der Waals surface area contributed by atoms with Gasteiger partial charge in [0.25, 0.3) is 5.78 Å². The molecule has 1 saturated heterocycles. The Bertz CT molecular complexity index is 1350. The molecule has 5 heterocycles. The van der Waals surface area contributed by atoms with E-state index in [1.165, 1.54) is 15.0 Å². The van der Waals surface area contributed by atoms with E-state index >= 15 is 0 Å². The molecule has 3 aromatic heterocycles. The van der Waals surface area contributed by atoms with Crippen molar-refractivity contribution in [2.45, 2.75) is 19.3 Å². The molecule has 0 saturated carbocycles. The first-order valence-electron chi connectivity index (χ1n) is 11.6. The van der Waals surface area contributed by atoms with Gasteiger partial charge in [-0.2, -0.15) is 19.5 Å². The van der Waals surface area contributed by atoms with Crippen molar-refractivity contribution < 1.29 is 14.1 Å². The van der Waals surface area contributed by atoms with Crippen LogP contribution >= 0.6 is 0 Å². The number of furan rings is 1. The van der Waals surface area contributed by atoms with Gasteiger partial charge in [0, 0.05) is 25.1 Å². The van der Waals surface area contributed by atoms with E-state index in [0.717, 1.165) is 56.8 Å². The first kappa shape index (κ1) is 20.6. The molecule has 4 N–H and O–H groups in total. The highest BCUT2D eigenvalue weighted by Gasteiger charge is 2.24. The maximum atomic E-state index is 11.8. The summed E-state index contributed by atoms with van der Waals surface area (Å²) in [5.74, 6) is 2.31. The van der Waals surface area contributed by atoms with E-state index in [1.54, 1.807) is 18.4 Å². The second-order valence-corrected chi connectivity index (χ2v) is 8.77. The number of carbonyl (C=O) groups excluding carboxylic acids is 1. The van der Waals surface area contributed by atoms with E-state index in [0.29, 0.717) is 29.7 Å². The molecule has 0 bridgehead atoms. The van der Waals surface area contributed by atoms with Crippen LogP contribution in [-0.4, -0.2) is 63.2 Å². The topological polar surface area (TPSA) is 132 Å². The summed E-state index contributed by atoms with van der Waals surface area (Å²) in [6.45, 7) is 4.77. The van der Waals surface area contributed by atoms with E-state index in [9.17, 15) is 4.79 Å². The Kier molecular flexibility index (Phi) is 5.10. The van der Waals surface area contributed by atoms with Crippen LogP contribution in [0.4, 0.5) is 17.6 Å². The molecule has 4 aromatic rings. The monoisotopic (exact) mass is 460 g/mol. The largest absolute Gasteiger partial charge is 0.461 e. The molecule has 2 aliphatic heterocycles. The van der Waals surface area contributed by atoms with Crippen LogP contribution in [0.15, 0.2) is 41.0 Å². The summed E-state index contributed by atoms with van der Waals surface area (Å²) in [5.41, 5.74) is 9.57. The first-order valence-corrected chi connectivity index (χ1v) is 11.6. The molecule has 1 amide bonds. The molecular weight excluding hydrogens is 434 g/mol. The zero-order valence-corrected chi connectivity index (χ0v) is 18.7. The van der Waals surface area contributed by atoms with Crippen LogP contribution in [0.5, 0.6) is 0 Å². The maximum Gasteiger partial charge on any atom is 0.259 e.